The minimum atomic E-state index is -0.499. The summed E-state index contributed by atoms with van der Waals surface area (Å²) in [4.78, 5) is 30.1. The molecule has 1 fully saturated rings. The first-order valence-electron chi connectivity index (χ1n) is 11.0. The van der Waals surface area contributed by atoms with Gasteiger partial charge in [-0.15, -0.1) is 0 Å². The summed E-state index contributed by atoms with van der Waals surface area (Å²) in [7, 11) is 1.34. The van der Waals surface area contributed by atoms with Gasteiger partial charge in [-0.2, -0.15) is 0 Å². The van der Waals surface area contributed by atoms with Gasteiger partial charge in [0.1, 0.15) is 5.65 Å². The summed E-state index contributed by atoms with van der Waals surface area (Å²) in [5.74, 6) is -0.279. The van der Waals surface area contributed by atoms with E-state index in [9.17, 15) is 9.59 Å². The Labute approximate surface area is 182 Å². The van der Waals surface area contributed by atoms with E-state index in [-0.39, 0.29) is 11.8 Å². The van der Waals surface area contributed by atoms with E-state index in [0.29, 0.717) is 49.1 Å². The van der Waals surface area contributed by atoms with Crippen molar-refractivity contribution in [2.75, 3.05) is 37.5 Å². The lowest BCUT2D eigenvalue weighted by Gasteiger charge is -2.18. The van der Waals surface area contributed by atoms with Gasteiger partial charge in [-0.05, 0) is 44.6 Å². The molecule has 1 aliphatic heterocycles. The molecule has 2 atom stereocenters. The third kappa shape index (κ3) is 4.44. The summed E-state index contributed by atoms with van der Waals surface area (Å²) in [5.41, 5.74) is 2.28. The molecule has 0 bridgehead atoms. The van der Waals surface area contributed by atoms with Gasteiger partial charge in [0.05, 0.1) is 37.2 Å². The van der Waals surface area contributed by atoms with Crippen LogP contribution in [0.2, 0.25) is 0 Å². The number of hydrogen-bond acceptors (Lipinski definition) is 6. The van der Waals surface area contributed by atoms with E-state index in [2.05, 4.69) is 27.8 Å². The third-order valence-corrected chi connectivity index (χ3v) is 6.11. The number of rotatable bonds is 7. The van der Waals surface area contributed by atoms with Crippen molar-refractivity contribution in [2.24, 2.45) is 11.8 Å². The van der Waals surface area contributed by atoms with Gasteiger partial charge >= 0.3 is 5.97 Å². The quantitative estimate of drug-likeness (QED) is 0.519. The van der Waals surface area contributed by atoms with Crippen LogP contribution in [0.1, 0.15) is 43.1 Å². The fourth-order valence-electron chi connectivity index (χ4n) is 4.34. The first-order chi connectivity index (χ1) is 15.1. The number of anilines is 2. The van der Waals surface area contributed by atoms with Crippen molar-refractivity contribution in [1.29, 1.82) is 0 Å². The van der Waals surface area contributed by atoms with Crippen LogP contribution in [0.3, 0.4) is 0 Å². The van der Waals surface area contributed by atoms with E-state index in [1.54, 1.807) is 10.8 Å². The predicted molar refractivity (Wildman–Crippen MR) is 119 cm³/mol. The number of aromatic nitrogens is 2. The number of pyridine rings is 1. The van der Waals surface area contributed by atoms with Gasteiger partial charge in [-0.3, -0.25) is 4.79 Å². The minimum absolute atomic E-state index is 0.148. The molecule has 4 rings (SSSR count). The number of ether oxygens (including phenoxy) is 2. The predicted octanol–water partition coefficient (Wildman–Crippen LogP) is 3.59. The number of amides is 1. The van der Waals surface area contributed by atoms with Crippen molar-refractivity contribution in [3.63, 3.8) is 0 Å². The molecular formula is C23H30N4O4. The molecule has 1 amide bonds. The Morgan fingerprint density at radius 2 is 2.19 bits per heavy atom. The van der Waals surface area contributed by atoms with Gasteiger partial charge in [0.25, 0.3) is 0 Å². The molecule has 8 nitrogen and oxygen atoms in total. The van der Waals surface area contributed by atoms with Gasteiger partial charge < -0.3 is 24.7 Å². The Balaban J connectivity index is 1.68. The fraction of sp³-hybridized carbons (Fsp3) is 0.522. The highest BCUT2D eigenvalue weighted by Gasteiger charge is 2.29. The Kier molecular flexibility index (Phi) is 6.56. The summed E-state index contributed by atoms with van der Waals surface area (Å²) >= 11 is 0. The van der Waals surface area contributed by atoms with E-state index < -0.39 is 5.97 Å². The Morgan fingerprint density at radius 3 is 2.87 bits per heavy atom. The minimum Gasteiger partial charge on any atom is -0.464 e. The molecule has 3 heterocycles. The van der Waals surface area contributed by atoms with E-state index in [0.717, 1.165) is 30.5 Å². The van der Waals surface area contributed by atoms with Crippen LogP contribution >= 0.6 is 0 Å². The zero-order chi connectivity index (χ0) is 21.8. The number of nitrogens with one attached hydrogen (secondary N) is 2. The second-order valence-electron chi connectivity index (χ2n) is 8.14. The van der Waals surface area contributed by atoms with Gasteiger partial charge in [0.2, 0.25) is 5.91 Å². The SMILES string of the molecule is CCn1c(C(=O)OC)c(NC(=O)[C@@H]2CCOC2)c2cc(NC[C@H]3CC=CCC3)cnc21. The fourth-order valence-corrected chi connectivity index (χ4v) is 4.34. The van der Waals surface area contributed by atoms with Crippen LogP contribution in [0.25, 0.3) is 11.0 Å². The molecule has 2 N–H and O–H groups in total. The average Bonchev–Trinajstić information content (AvgIpc) is 3.44. The lowest BCUT2D eigenvalue weighted by atomic mass is 9.94. The number of fused-ring (bicyclic) bond motifs is 1. The van der Waals surface area contributed by atoms with Crippen molar-refractivity contribution >= 4 is 34.3 Å². The van der Waals surface area contributed by atoms with Crippen LogP contribution in [0.15, 0.2) is 24.4 Å². The molecule has 0 unspecified atom stereocenters. The molecule has 2 aromatic heterocycles. The highest BCUT2D eigenvalue weighted by molar-refractivity contribution is 6.11. The molecule has 166 valence electrons. The van der Waals surface area contributed by atoms with E-state index in [4.69, 9.17) is 9.47 Å². The van der Waals surface area contributed by atoms with Gasteiger partial charge in [0, 0.05) is 25.1 Å². The topological polar surface area (TPSA) is 94.5 Å². The number of hydrogen-bond donors (Lipinski definition) is 2. The maximum Gasteiger partial charge on any atom is 0.356 e. The lowest BCUT2D eigenvalue weighted by molar-refractivity contribution is -0.119. The highest BCUT2D eigenvalue weighted by Crippen LogP contribution is 2.33. The summed E-state index contributed by atoms with van der Waals surface area (Å²) in [6.45, 7) is 4.29. The molecular weight excluding hydrogens is 396 g/mol. The van der Waals surface area contributed by atoms with Crippen molar-refractivity contribution in [3.05, 3.63) is 30.1 Å². The number of carbonyl (C=O) groups is 2. The smallest absolute Gasteiger partial charge is 0.356 e. The Morgan fingerprint density at radius 1 is 1.32 bits per heavy atom. The summed E-state index contributed by atoms with van der Waals surface area (Å²) < 4.78 is 12.2. The molecule has 0 spiro atoms. The zero-order valence-electron chi connectivity index (χ0n) is 18.1. The zero-order valence-corrected chi connectivity index (χ0v) is 18.1. The molecule has 8 heteroatoms. The normalized spacial score (nSPS) is 20.7. The number of methoxy groups -OCH3 is 1. The van der Waals surface area contributed by atoms with E-state index >= 15 is 0 Å². The average molecular weight is 427 g/mol. The second kappa shape index (κ2) is 9.51. The van der Waals surface area contributed by atoms with Crippen LogP contribution < -0.4 is 10.6 Å². The van der Waals surface area contributed by atoms with Crippen LogP contribution in [0, 0.1) is 11.8 Å². The Bertz CT molecular complexity index is 991. The molecule has 1 aliphatic carbocycles. The molecule has 31 heavy (non-hydrogen) atoms. The number of carbonyl (C=O) groups excluding carboxylic acids is 2. The molecule has 0 radical (unpaired) electrons. The molecule has 2 aliphatic rings. The van der Waals surface area contributed by atoms with Crippen LogP contribution in [-0.4, -0.2) is 48.3 Å². The van der Waals surface area contributed by atoms with E-state index in [1.165, 1.54) is 13.5 Å². The summed E-state index contributed by atoms with van der Waals surface area (Å²) in [5, 5.41) is 7.18. The van der Waals surface area contributed by atoms with Gasteiger partial charge in [0.15, 0.2) is 5.69 Å². The number of aryl methyl sites for hydroxylation is 1. The van der Waals surface area contributed by atoms with Gasteiger partial charge in [-0.25, -0.2) is 9.78 Å². The lowest BCUT2D eigenvalue weighted by Crippen LogP contribution is -2.24. The number of allylic oxidation sites excluding steroid dienone is 2. The van der Waals surface area contributed by atoms with E-state index in [1.807, 2.05) is 13.0 Å². The van der Waals surface area contributed by atoms with Crippen molar-refractivity contribution in [3.8, 4) is 0 Å². The summed E-state index contributed by atoms with van der Waals surface area (Å²) in [6.07, 6.45) is 10.3. The monoisotopic (exact) mass is 426 g/mol. The maximum absolute atomic E-state index is 12.8. The van der Waals surface area contributed by atoms with Crippen LogP contribution in [0.5, 0.6) is 0 Å². The standard InChI is InChI=1S/C23H30N4O4/c1-3-27-20(23(29)30-2)19(26-22(28)16-9-10-31-14-16)18-11-17(13-25-21(18)27)24-12-15-7-5-4-6-8-15/h4-5,11,13,15-16,24H,3,6-10,12,14H2,1-2H3,(H,26,28)/t15-,16+/m0/s1. The second-order valence-corrected chi connectivity index (χ2v) is 8.14. The molecule has 1 saturated heterocycles. The Hall–Kier alpha value is -2.87. The molecule has 0 aromatic carbocycles. The first kappa shape index (κ1) is 21.4. The maximum atomic E-state index is 12.8. The summed E-state index contributed by atoms with van der Waals surface area (Å²) in [6, 6.07) is 1.96. The van der Waals surface area contributed by atoms with Gasteiger partial charge in [-0.1, -0.05) is 12.2 Å². The highest BCUT2D eigenvalue weighted by atomic mass is 16.5. The largest absolute Gasteiger partial charge is 0.464 e. The first-order valence-corrected chi connectivity index (χ1v) is 11.0. The van der Waals surface area contributed by atoms with Crippen molar-refractivity contribution < 1.29 is 19.1 Å². The van der Waals surface area contributed by atoms with Crippen LogP contribution in [0.4, 0.5) is 11.4 Å². The number of nitrogens with zero attached hydrogens (tertiary/aromatic N) is 2. The molecule has 0 saturated carbocycles. The van der Waals surface area contributed by atoms with Crippen molar-refractivity contribution in [2.45, 2.75) is 39.2 Å². The van der Waals surface area contributed by atoms with Crippen molar-refractivity contribution in [1.82, 2.24) is 9.55 Å². The number of esters is 1. The molecule has 2 aromatic rings. The van der Waals surface area contributed by atoms with Crippen LogP contribution in [-0.2, 0) is 20.8 Å². The third-order valence-electron chi connectivity index (χ3n) is 6.11.